The lowest BCUT2D eigenvalue weighted by atomic mass is 10.0. The molecule has 0 fully saturated rings. The van der Waals surface area contributed by atoms with E-state index < -0.39 is 5.60 Å². The fourth-order valence-electron chi connectivity index (χ4n) is 1.06. The van der Waals surface area contributed by atoms with Crippen molar-refractivity contribution in [3.05, 3.63) is 12.2 Å². The molecule has 0 radical (unpaired) electrons. The van der Waals surface area contributed by atoms with Crippen molar-refractivity contribution in [2.75, 3.05) is 0 Å². The van der Waals surface area contributed by atoms with Crippen molar-refractivity contribution in [3.8, 4) is 0 Å². The lowest BCUT2D eigenvalue weighted by Gasteiger charge is -2.20. The van der Waals surface area contributed by atoms with Gasteiger partial charge in [0.1, 0.15) is 5.60 Å². The third-order valence-electron chi connectivity index (χ3n) is 1.71. The number of esters is 1. The maximum atomic E-state index is 11.4. The molecule has 0 aromatic rings. The maximum absolute atomic E-state index is 11.4. The highest BCUT2D eigenvalue weighted by Gasteiger charge is 2.20. The van der Waals surface area contributed by atoms with Crippen molar-refractivity contribution in [2.24, 2.45) is 5.92 Å². The summed E-state index contributed by atoms with van der Waals surface area (Å²) in [5, 5.41) is 0. The van der Waals surface area contributed by atoms with Crippen molar-refractivity contribution in [1.29, 1.82) is 0 Å². The molecule has 0 spiro atoms. The molecule has 0 saturated carbocycles. The minimum absolute atomic E-state index is 0.0386. The molecule has 0 aliphatic carbocycles. The van der Waals surface area contributed by atoms with E-state index in [0.717, 1.165) is 0 Å². The molecule has 1 atom stereocenters. The minimum Gasteiger partial charge on any atom is -0.460 e. The summed E-state index contributed by atoms with van der Waals surface area (Å²) in [6.07, 6.45) is 3.30. The standard InChI is InChI=1S/C12H20O3/c1-6-7-10(13)9(2)8-11(14)15-12(3,4)5/h6-7,9H,8H2,1-5H3/b7-6-/t9-/m1/s1. The van der Waals surface area contributed by atoms with E-state index in [-0.39, 0.29) is 24.1 Å². The molecule has 86 valence electrons. The van der Waals surface area contributed by atoms with E-state index in [1.165, 1.54) is 6.08 Å². The molecule has 0 aliphatic rings. The third-order valence-corrected chi connectivity index (χ3v) is 1.71. The molecule has 0 bridgehead atoms. The smallest absolute Gasteiger partial charge is 0.307 e. The molecular formula is C12H20O3. The van der Waals surface area contributed by atoms with Crippen LogP contribution in [0.2, 0.25) is 0 Å². The summed E-state index contributed by atoms with van der Waals surface area (Å²) in [4.78, 5) is 22.7. The Kier molecular flexibility index (Phi) is 5.26. The summed E-state index contributed by atoms with van der Waals surface area (Å²) < 4.78 is 5.12. The van der Waals surface area contributed by atoms with Crippen molar-refractivity contribution >= 4 is 11.8 Å². The van der Waals surface area contributed by atoms with Gasteiger partial charge < -0.3 is 4.74 Å². The Balaban J connectivity index is 4.13. The molecule has 3 nitrogen and oxygen atoms in total. The van der Waals surface area contributed by atoms with Crippen LogP contribution in [0.1, 0.15) is 41.0 Å². The van der Waals surface area contributed by atoms with Crippen LogP contribution in [0.3, 0.4) is 0 Å². The number of allylic oxidation sites excluding steroid dienone is 2. The lowest BCUT2D eigenvalue weighted by molar-refractivity contribution is -0.156. The van der Waals surface area contributed by atoms with Crippen molar-refractivity contribution in [1.82, 2.24) is 0 Å². The summed E-state index contributed by atoms with van der Waals surface area (Å²) >= 11 is 0. The summed E-state index contributed by atoms with van der Waals surface area (Å²) in [6, 6.07) is 0. The Bertz CT molecular complexity index is 259. The molecule has 0 saturated heterocycles. The van der Waals surface area contributed by atoms with Crippen molar-refractivity contribution < 1.29 is 14.3 Å². The Morgan fingerprint density at radius 2 is 1.87 bits per heavy atom. The number of carbonyl (C=O) groups excluding carboxylic acids is 2. The first-order valence-corrected chi connectivity index (χ1v) is 5.14. The van der Waals surface area contributed by atoms with Gasteiger partial charge in [-0.3, -0.25) is 9.59 Å². The zero-order chi connectivity index (χ0) is 12.1. The fraction of sp³-hybridized carbons (Fsp3) is 0.667. The second-order valence-corrected chi connectivity index (χ2v) is 4.59. The van der Waals surface area contributed by atoms with Gasteiger partial charge in [-0.05, 0) is 33.8 Å². The number of hydrogen-bond donors (Lipinski definition) is 0. The summed E-state index contributed by atoms with van der Waals surface area (Å²) in [5.41, 5.74) is -0.486. The van der Waals surface area contributed by atoms with Crippen LogP contribution >= 0.6 is 0 Å². The molecule has 0 aromatic carbocycles. The number of ether oxygens (including phenoxy) is 1. The van der Waals surface area contributed by atoms with Crippen LogP contribution in [0.4, 0.5) is 0 Å². The Morgan fingerprint density at radius 3 is 2.27 bits per heavy atom. The highest BCUT2D eigenvalue weighted by atomic mass is 16.6. The SMILES string of the molecule is C/C=C\C(=O)[C@H](C)CC(=O)OC(C)(C)C. The van der Waals surface area contributed by atoms with Gasteiger partial charge in [0.25, 0.3) is 0 Å². The van der Waals surface area contributed by atoms with Gasteiger partial charge in [-0.1, -0.05) is 13.0 Å². The fourth-order valence-corrected chi connectivity index (χ4v) is 1.06. The Hall–Kier alpha value is -1.12. The topological polar surface area (TPSA) is 43.4 Å². The van der Waals surface area contributed by atoms with Crippen molar-refractivity contribution in [3.63, 3.8) is 0 Å². The largest absolute Gasteiger partial charge is 0.460 e. The van der Waals surface area contributed by atoms with Gasteiger partial charge in [-0.25, -0.2) is 0 Å². The van der Waals surface area contributed by atoms with Crippen molar-refractivity contribution in [2.45, 2.75) is 46.6 Å². The number of ketones is 1. The van der Waals surface area contributed by atoms with Gasteiger partial charge in [0, 0.05) is 5.92 Å². The average Bonchev–Trinajstić information content (AvgIpc) is 2.00. The molecule has 0 unspecified atom stereocenters. The highest BCUT2D eigenvalue weighted by Crippen LogP contribution is 2.12. The van der Waals surface area contributed by atoms with Crippen LogP contribution in [-0.2, 0) is 14.3 Å². The van der Waals surface area contributed by atoms with E-state index in [1.54, 1.807) is 19.9 Å². The molecular weight excluding hydrogens is 192 g/mol. The van der Waals surface area contributed by atoms with Gasteiger partial charge in [0.05, 0.1) is 6.42 Å². The van der Waals surface area contributed by atoms with Crippen LogP contribution in [0, 0.1) is 5.92 Å². The van der Waals surface area contributed by atoms with Gasteiger partial charge in [0.2, 0.25) is 0 Å². The van der Waals surface area contributed by atoms with Crippen LogP contribution in [-0.4, -0.2) is 17.4 Å². The average molecular weight is 212 g/mol. The van der Waals surface area contributed by atoms with E-state index in [2.05, 4.69) is 0 Å². The minimum atomic E-state index is -0.486. The summed E-state index contributed by atoms with van der Waals surface area (Å²) in [7, 11) is 0. The predicted octanol–water partition coefficient (Wildman–Crippen LogP) is 2.50. The number of hydrogen-bond acceptors (Lipinski definition) is 3. The molecule has 0 heterocycles. The normalized spacial score (nSPS) is 13.9. The zero-order valence-electron chi connectivity index (χ0n) is 10.2. The third kappa shape index (κ3) is 6.89. The molecule has 0 N–H and O–H groups in total. The van der Waals surface area contributed by atoms with Crippen LogP contribution in [0.25, 0.3) is 0 Å². The van der Waals surface area contributed by atoms with E-state index in [9.17, 15) is 9.59 Å². The van der Waals surface area contributed by atoms with E-state index >= 15 is 0 Å². The first kappa shape index (κ1) is 13.9. The molecule has 0 aromatic heterocycles. The predicted molar refractivity (Wildman–Crippen MR) is 59.4 cm³/mol. The zero-order valence-corrected chi connectivity index (χ0v) is 10.2. The molecule has 0 aliphatic heterocycles. The van der Waals surface area contributed by atoms with Gasteiger partial charge in [0.15, 0.2) is 5.78 Å². The van der Waals surface area contributed by atoms with Crippen LogP contribution < -0.4 is 0 Å². The van der Waals surface area contributed by atoms with Gasteiger partial charge in [-0.2, -0.15) is 0 Å². The molecule has 0 amide bonds. The van der Waals surface area contributed by atoms with Gasteiger partial charge in [-0.15, -0.1) is 0 Å². The van der Waals surface area contributed by atoms with E-state index in [4.69, 9.17) is 4.74 Å². The first-order chi connectivity index (χ1) is 6.76. The van der Waals surface area contributed by atoms with E-state index in [1.807, 2.05) is 20.8 Å². The monoisotopic (exact) mass is 212 g/mol. The highest BCUT2D eigenvalue weighted by molar-refractivity contribution is 5.93. The number of rotatable bonds is 4. The van der Waals surface area contributed by atoms with Crippen LogP contribution in [0.5, 0.6) is 0 Å². The summed E-state index contributed by atoms with van der Waals surface area (Å²) in [5.74, 6) is -0.674. The number of carbonyl (C=O) groups is 2. The summed E-state index contributed by atoms with van der Waals surface area (Å²) in [6.45, 7) is 8.93. The molecule has 15 heavy (non-hydrogen) atoms. The Labute approximate surface area is 91.5 Å². The Morgan fingerprint density at radius 1 is 1.33 bits per heavy atom. The quantitative estimate of drug-likeness (QED) is 0.531. The molecule has 0 rings (SSSR count). The van der Waals surface area contributed by atoms with Crippen LogP contribution in [0.15, 0.2) is 12.2 Å². The maximum Gasteiger partial charge on any atom is 0.307 e. The lowest BCUT2D eigenvalue weighted by Crippen LogP contribution is -2.26. The first-order valence-electron chi connectivity index (χ1n) is 5.14. The van der Waals surface area contributed by atoms with E-state index in [0.29, 0.717) is 0 Å². The second kappa shape index (κ2) is 5.69. The second-order valence-electron chi connectivity index (χ2n) is 4.59. The van der Waals surface area contributed by atoms with Gasteiger partial charge >= 0.3 is 5.97 Å². The molecule has 3 heteroatoms.